The molecule has 0 bridgehead atoms. The molecule has 0 saturated heterocycles. The molecule has 2 unspecified atom stereocenters. The average Bonchev–Trinajstić information content (AvgIpc) is 3.18. The van der Waals surface area contributed by atoms with Gasteiger partial charge in [-0.3, -0.25) is 9.59 Å². The van der Waals surface area contributed by atoms with Gasteiger partial charge >= 0.3 is 5.97 Å². The van der Waals surface area contributed by atoms with Crippen LogP contribution in [0.1, 0.15) is 31.4 Å². The van der Waals surface area contributed by atoms with Gasteiger partial charge in [0.1, 0.15) is 0 Å². The van der Waals surface area contributed by atoms with Crippen molar-refractivity contribution in [3.63, 3.8) is 0 Å². The fourth-order valence-corrected chi connectivity index (χ4v) is 2.37. The minimum absolute atomic E-state index is 0.0364. The van der Waals surface area contributed by atoms with Crippen LogP contribution in [0, 0.1) is 5.92 Å². The van der Waals surface area contributed by atoms with Gasteiger partial charge in [-0.2, -0.15) is 0 Å². The van der Waals surface area contributed by atoms with Gasteiger partial charge in [-0.05, 0) is 31.0 Å². The van der Waals surface area contributed by atoms with Crippen molar-refractivity contribution in [2.45, 2.75) is 31.9 Å². The third-order valence-corrected chi connectivity index (χ3v) is 3.67. The maximum absolute atomic E-state index is 12.1. The van der Waals surface area contributed by atoms with Gasteiger partial charge in [-0.25, -0.2) is 0 Å². The Hall–Kier alpha value is -1.59. The van der Waals surface area contributed by atoms with Crippen LogP contribution >= 0.6 is 11.6 Å². The molecule has 21 heavy (non-hydrogen) atoms. The Balaban J connectivity index is 2.01. The summed E-state index contributed by atoms with van der Waals surface area (Å²) < 4.78 is 5.38. The van der Waals surface area contributed by atoms with Crippen molar-refractivity contribution in [3.05, 3.63) is 34.9 Å². The number of carboxylic acid groups (broad SMARTS) is 1. The molecule has 0 radical (unpaired) electrons. The molecule has 0 aromatic heterocycles. The molecule has 1 aliphatic carbocycles. The second-order valence-corrected chi connectivity index (χ2v) is 5.48. The summed E-state index contributed by atoms with van der Waals surface area (Å²) in [5.74, 6) is -1.30. The number of halogens is 1. The van der Waals surface area contributed by atoms with Gasteiger partial charge in [0.15, 0.2) is 0 Å². The number of hydrogen-bond donors (Lipinski definition) is 2. The van der Waals surface area contributed by atoms with E-state index in [4.69, 9.17) is 21.4 Å². The highest BCUT2D eigenvalue weighted by Gasteiger charge is 2.44. The van der Waals surface area contributed by atoms with Crippen LogP contribution in [-0.2, 0) is 14.3 Å². The lowest BCUT2D eigenvalue weighted by Gasteiger charge is -2.17. The van der Waals surface area contributed by atoms with Crippen molar-refractivity contribution in [1.29, 1.82) is 0 Å². The average molecular weight is 312 g/mol. The summed E-state index contributed by atoms with van der Waals surface area (Å²) in [5.41, 5.74) is 0.726. The molecule has 1 saturated carbocycles. The third-order valence-electron chi connectivity index (χ3n) is 3.42. The van der Waals surface area contributed by atoms with Crippen molar-refractivity contribution >= 4 is 23.5 Å². The molecule has 5 nitrogen and oxygen atoms in total. The smallest absolute Gasteiger partial charge is 0.305 e. The molecule has 2 N–H and O–H groups in total. The molecule has 6 heteroatoms. The molecule has 114 valence electrons. The van der Waals surface area contributed by atoms with Crippen LogP contribution in [0.3, 0.4) is 0 Å². The van der Waals surface area contributed by atoms with E-state index in [1.807, 2.05) is 6.92 Å². The van der Waals surface area contributed by atoms with Gasteiger partial charge in [0, 0.05) is 11.6 Å². The Morgan fingerprint density at radius 3 is 2.67 bits per heavy atom. The minimum atomic E-state index is -0.965. The fourth-order valence-electron chi connectivity index (χ4n) is 2.25. The van der Waals surface area contributed by atoms with Crippen LogP contribution in [0.4, 0.5) is 0 Å². The highest BCUT2D eigenvalue weighted by atomic mass is 35.5. The Morgan fingerprint density at radius 2 is 2.10 bits per heavy atom. The van der Waals surface area contributed by atoms with E-state index in [9.17, 15) is 9.59 Å². The first kappa shape index (κ1) is 15.8. The Morgan fingerprint density at radius 1 is 1.43 bits per heavy atom. The van der Waals surface area contributed by atoms with Crippen LogP contribution in [-0.4, -0.2) is 29.7 Å². The highest BCUT2D eigenvalue weighted by Crippen LogP contribution is 2.34. The predicted molar refractivity (Wildman–Crippen MR) is 78.1 cm³/mol. The Labute approximate surface area is 128 Å². The van der Waals surface area contributed by atoms with Crippen LogP contribution < -0.4 is 5.32 Å². The maximum atomic E-state index is 12.1. The number of carbonyl (C=O) groups excluding carboxylic acids is 1. The quantitative estimate of drug-likeness (QED) is 0.810. The number of carboxylic acids is 1. The van der Waals surface area contributed by atoms with Crippen LogP contribution in [0.5, 0.6) is 0 Å². The normalized spacial score (nSPS) is 21.6. The molecule has 0 heterocycles. The number of nitrogens with one attached hydrogen (secondary N) is 1. The molecule has 0 spiro atoms. The summed E-state index contributed by atoms with van der Waals surface area (Å²) in [6.07, 6.45) is 0.491. The Kier molecular flexibility index (Phi) is 5.20. The van der Waals surface area contributed by atoms with E-state index in [1.54, 1.807) is 24.3 Å². The summed E-state index contributed by atoms with van der Waals surface area (Å²) in [6.45, 7) is 2.46. The summed E-state index contributed by atoms with van der Waals surface area (Å²) >= 11 is 5.82. The van der Waals surface area contributed by atoms with Crippen molar-refractivity contribution in [2.75, 3.05) is 6.61 Å². The number of benzene rings is 1. The number of rotatable bonds is 7. The molecule has 0 aliphatic heterocycles. The number of aliphatic carboxylic acids is 1. The third kappa shape index (κ3) is 4.44. The molecule has 2 rings (SSSR count). The lowest BCUT2D eigenvalue weighted by Crippen LogP contribution is -2.32. The SMILES string of the molecule is CCOC1CC1C(=O)N[C@@H](CC(=O)O)c1ccc(Cl)cc1. The van der Waals surface area contributed by atoms with E-state index < -0.39 is 12.0 Å². The van der Waals surface area contributed by atoms with Crippen LogP contribution in [0.15, 0.2) is 24.3 Å². The first-order chi connectivity index (χ1) is 10.0. The van der Waals surface area contributed by atoms with E-state index in [1.165, 1.54) is 0 Å². The maximum Gasteiger partial charge on any atom is 0.305 e. The fraction of sp³-hybridized carbons (Fsp3) is 0.467. The van der Waals surface area contributed by atoms with Crippen molar-refractivity contribution in [1.82, 2.24) is 5.32 Å². The van der Waals surface area contributed by atoms with Crippen molar-refractivity contribution in [2.24, 2.45) is 5.92 Å². The van der Waals surface area contributed by atoms with Crippen molar-refractivity contribution in [3.8, 4) is 0 Å². The largest absolute Gasteiger partial charge is 0.481 e. The summed E-state index contributed by atoms with van der Waals surface area (Å²) in [5, 5.41) is 12.4. The standard InChI is InChI=1S/C15H18ClNO4/c1-2-21-13-7-11(13)15(20)17-12(8-14(18)19)9-3-5-10(16)6-4-9/h3-6,11-13H,2,7-8H2,1H3,(H,17,20)(H,18,19)/t11?,12-,13?/m0/s1. The van der Waals surface area contributed by atoms with Gasteiger partial charge in [-0.1, -0.05) is 23.7 Å². The van der Waals surface area contributed by atoms with E-state index in [0.29, 0.717) is 18.1 Å². The second kappa shape index (κ2) is 6.91. The van der Waals surface area contributed by atoms with Gasteiger partial charge in [0.25, 0.3) is 0 Å². The van der Waals surface area contributed by atoms with E-state index in [0.717, 1.165) is 5.56 Å². The molecular formula is C15H18ClNO4. The number of amides is 1. The first-order valence-electron chi connectivity index (χ1n) is 6.90. The second-order valence-electron chi connectivity index (χ2n) is 5.05. The molecule has 3 atom stereocenters. The lowest BCUT2D eigenvalue weighted by atomic mass is 10.0. The first-order valence-corrected chi connectivity index (χ1v) is 7.28. The van der Waals surface area contributed by atoms with E-state index in [2.05, 4.69) is 5.32 Å². The minimum Gasteiger partial charge on any atom is -0.481 e. The zero-order valence-corrected chi connectivity index (χ0v) is 12.5. The Bertz CT molecular complexity index is 517. The zero-order valence-electron chi connectivity index (χ0n) is 11.7. The summed E-state index contributed by atoms with van der Waals surface area (Å²) in [4.78, 5) is 23.1. The van der Waals surface area contributed by atoms with Crippen molar-refractivity contribution < 1.29 is 19.4 Å². The number of ether oxygens (including phenoxy) is 1. The van der Waals surface area contributed by atoms with E-state index in [-0.39, 0.29) is 24.3 Å². The van der Waals surface area contributed by atoms with Gasteiger partial charge in [0.05, 0.1) is 24.5 Å². The molecule has 1 aromatic rings. The van der Waals surface area contributed by atoms with Gasteiger partial charge < -0.3 is 15.2 Å². The molecule has 1 aliphatic rings. The topological polar surface area (TPSA) is 75.6 Å². The number of hydrogen-bond acceptors (Lipinski definition) is 3. The molecule has 1 fully saturated rings. The molecular weight excluding hydrogens is 294 g/mol. The van der Waals surface area contributed by atoms with E-state index >= 15 is 0 Å². The lowest BCUT2D eigenvalue weighted by molar-refractivity contribution is -0.137. The number of carbonyl (C=O) groups is 2. The van der Waals surface area contributed by atoms with Crippen LogP contribution in [0.2, 0.25) is 5.02 Å². The summed E-state index contributed by atoms with van der Waals surface area (Å²) in [7, 11) is 0. The summed E-state index contributed by atoms with van der Waals surface area (Å²) in [6, 6.07) is 6.25. The van der Waals surface area contributed by atoms with Crippen LogP contribution in [0.25, 0.3) is 0 Å². The molecule has 1 amide bonds. The highest BCUT2D eigenvalue weighted by molar-refractivity contribution is 6.30. The predicted octanol–water partition coefficient (Wildman–Crippen LogP) is 2.40. The zero-order chi connectivity index (χ0) is 15.4. The van der Waals surface area contributed by atoms with Gasteiger partial charge in [-0.15, -0.1) is 0 Å². The molecule has 1 aromatic carbocycles. The van der Waals surface area contributed by atoms with Gasteiger partial charge in [0.2, 0.25) is 5.91 Å². The monoisotopic (exact) mass is 311 g/mol.